The molecule has 0 fully saturated rings. The second kappa shape index (κ2) is 5.23. The van der Waals surface area contributed by atoms with Crippen molar-refractivity contribution in [2.45, 2.75) is 12.8 Å². The average molecular weight is 259 g/mol. The fraction of sp³-hybridized carbons (Fsp3) is 0.273. The lowest BCUT2D eigenvalue weighted by molar-refractivity contribution is 0.462. The van der Waals surface area contributed by atoms with Crippen LogP contribution >= 0.6 is 11.6 Å². The van der Waals surface area contributed by atoms with Gasteiger partial charge in [0.1, 0.15) is 0 Å². The lowest BCUT2D eigenvalue weighted by Gasteiger charge is -1.98. The van der Waals surface area contributed by atoms with E-state index in [1.54, 1.807) is 0 Å². The van der Waals surface area contributed by atoms with Crippen molar-refractivity contribution in [3.05, 3.63) is 47.2 Å². The Morgan fingerprint density at radius 3 is 2.59 bits per heavy atom. The van der Waals surface area contributed by atoms with Crippen molar-refractivity contribution in [2.24, 2.45) is 0 Å². The van der Waals surface area contributed by atoms with Crippen LogP contribution in [0.25, 0.3) is 0 Å². The van der Waals surface area contributed by atoms with Crippen LogP contribution in [-0.2, 0) is 12.8 Å². The minimum absolute atomic E-state index is 0.270. The number of benzene rings is 1. The molecule has 0 atom stereocenters. The lowest BCUT2D eigenvalue weighted by Crippen LogP contribution is -1.91. The highest BCUT2D eigenvalue weighted by Crippen LogP contribution is 2.13. The van der Waals surface area contributed by atoms with E-state index in [-0.39, 0.29) is 6.42 Å². The predicted octanol–water partition coefficient (Wildman–Crippen LogP) is 2.72. The van der Waals surface area contributed by atoms with Crippen molar-refractivity contribution in [1.82, 2.24) is 10.2 Å². The van der Waals surface area contributed by atoms with Gasteiger partial charge in [0.2, 0.25) is 11.8 Å². The summed E-state index contributed by atoms with van der Waals surface area (Å²) in [7, 11) is 0. The zero-order chi connectivity index (χ0) is 12.3. The molecular weight excluding hydrogens is 250 g/mol. The van der Waals surface area contributed by atoms with Gasteiger partial charge in [0.25, 0.3) is 0 Å². The number of hydrogen-bond acceptors (Lipinski definition) is 3. The molecule has 2 aromatic rings. The Morgan fingerprint density at radius 1 is 1.12 bits per heavy atom. The lowest BCUT2D eigenvalue weighted by atomic mass is 10.1. The molecule has 3 nitrogen and oxygen atoms in total. The van der Waals surface area contributed by atoms with Crippen molar-refractivity contribution in [3.8, 4) is 0 Å². The monoisotopic (exact) mass is 258 g/mol. The molecule has 0 amide bonds. The van der Waals surface area contributed by atoms with Gasteiger partial charge < -0.3 is 4.42 Å². The van der Waals surface area contributed by atoms with Gasteiger partial charge in [0.15, 0.2) is 11.6 Å². The number of alkyl halides is 1. The molecule has 0 unspecified atom stereocenters. The van der Waals surface area contributed by atoms with E-state index in [1.807, 2.05) is 0 Å². The first-order valence-corrected chi connectivity index (χ1v) is 5.53. The quantitative estimate of drug-likeness (QED) is 0.792. The van der Waals surface area contributed by atoms with Crippen LogP contribution < -0.4 is 0 Å². The van der Waals surface area contributed by atoms with Crippen molar-refractivity contribution < 1.29 is 13.2 Å². The minimum atomic E-state index is -0.886. The molecule has 0 aliphatic rings. The fourth-order valence-electron chi connectivity index (χ4n) is 1.37. The number of halogens is 3. The van der Waals surface area contributed by atoms with Crippen LogP contribution in [0.2, 0.25) is 0 Å². The summed E-state index contributed by atoms with van der Waals surface area (Å²) >= 11 is 5.52. The Kier molecular flexibility index (Phi) is 3.68. The first-order chi connectivity index (χ1) is 8.19. The van der Waals surface area contributed by atoms with Gasteiger partial charge in [0.05, 0.1) is 6.42 Å². The summed E-state index contributed by atoms with van der Waals surface area (Å²) in [6, 6.07) is 3.66. The highest BCUT2D eigenvalue weighted by molar-refractivity contribution is 6.17. The number of nitrogens with zero attached hydrogens (tertiary/aromatic N) is 2. The molecule has 2 rings (SSSR count). The highest BCUT2D eigenvalue weighted by Gasteiger charge is 2.08. The molecule has 6 heteroatoms. The first kappa shape index (κ1) is 12.0. The van der Waals surface area contributed by atoms with E-state index in [2.05, 4.69) is 10.2 Å². The second-order valence-corrected chi connectivity index (χ2v) is 3.83. The highest BCUT2D eigenvalue weighted by atomic mass is 35.5. The third-order valence-corrected chi connectivity index (χ3v) is 2.35. The largest absolute Gasteiger partial charge is 0.425 e. The molecular formula is C11H9ClF2N2O. The number of rotatable bonds is 4. The summed E-state index contributed by atoms with van der Waals surface area (Å²) in [6.07, 6.45) is 0.763. The fourth-order valence-corrected chi connectivity index (χ4v) is 1.53. The van der Waals surface area contributed by atoms with Crippen LogP contribution in [0, 0.1) is 11.6 Å². The Labute approximate surface area is 101 Å². The standard InChI is InChI=1S/C11H9ClF2N2O/c12-4-3-10-15-16-11(17-10)6-7-1-2-8(13)9(14)5-7/h1-2,5H,3-4,6H2. The first-order valence-electron chi connectivity index (χ1n) is 5.00. The minimum Gasteiger partial charge on any atom is -0.425 e. The summed E-state index contributed by atoms with van der Waals surface area (Å²) in [6.45, 7) is 0. The van der Waals surface area contributed by atoms with E-state index in [9.17, 15) is 8.78 Å². The molecule has 0 saturated heterocycles. The van der Waals surface area contributed by atoms with Gasteiger partial charge in [-0.2, -0.15) is 0 Å². The molecule has 0 aliphatic carbocycles. The SMILES string of the molecule is Fc1ccc(Cc2nnc(CCCl)o2)cc1F. The van der Waals surface area contributed by atoms with Crippen LogP contribution in [-0.4, -0.2) is 16.1 Å². The zero-order valence-electron chi connectivity index (χ0n) is 8.79. The van der Waals surface area contributed by atoms with E-state index in [0.29, 0.717) is 29.6 Å². The average Bonchev–Trinajstić information content (AvgIpc) is 2.72. The van der Waals surface area contributed by atoms with Gasteiger partial charge in [0, 0.05) is 12.3 Å². The van der Waals surface area contributed by atoms with Crippen LogP contribution in [0.1, 0.15) is 17.3 Å². The number of aromatic nitrogens is 2. The summed E-state index contributed by atoms with van der Waals surface area (Å²) in [5, 5.41) is 7.56. The van der Waals surface area contributed by atoms with Crippen LogP contribution in [0.5, 0.6) is 0 Å². The predicted molar refractivity (Wildman–Crippen MR) is 57.9 cm³/mol. The van der Waals surface area contributed by atoms with Crippen molar-refractivity contribution in [2.75, 3.05) is 5.88 Å². The zero-order valence-corrected chi connectivity index (χ0v) is 9.55. The maximum Gasteiger partial charge on any atom is 0.220 e. The van der Waals surface area contributed by atoms with E-state index >= 15 is 0 Å². The van der Waals surface area contributed by atoms with Gasteiger partial charge in [-0.25, -0.2) is 8.78 Å². The van der Waals surface area contributed by atoms with E-state index in [4.69, 9.17) is 16.0 Å². The normalized spacial score (nSPS) is 10.8. The van der Waals surface area contributed by atoms with Crippen LogP contribution in [0.15, 0.2) is 22.6 Å². The Balaban J connectivity index is 2.11. The molecule has 1 heterocycles. The van der Waals surface area contributed by atoms with Gasteiger partial charge in [-0.15, -0.1) is 21.8 Å². The Hall–Kier alpha value is -1.49. The third-order valence-electron chi connectivity index (χ3n) is 2.16. The smallest absolute Gasteiger partial charge is 0.220 e. The molecule has 0 aliphatic heterocycles. The van der Waals surface area contributed by atoms with Crippen molar-refractivity contribution >= 4 is 11.6 Å². The molecule has 0 N–H and O–H groups in total. The summed E-state index contributed by atoms with van der Waals surface area (Å²) in [5.74, 6) is -0.564. The summed E-state index contributed by atoms with van der Waals surface area (Å²) in [5.41, 5.74) is 0.574. The third kappa shape index (κ3) is 3.00. The summed E-state index contributed by atoms with van der Waals surface area (Å²) < 4.78 is 30.9. The van der Waals surface area contributed by atoms with Crippen molar-refractivity contribution in [3.63, 3.8) is 0 Å². The van der Waals surface area contributed by atoms with Crippen LogP contribution in [0.4, 0.5) is 8.78 Å². The maximum absolute atomic E-state index is 12.9. The van der Waals surface area contributed by atoms with Gasteiger partial charge in [-0.1, -0.05) is 6.07 Å². The van der Waals surface area contributed by atoms with Crippen molar-refractivity contribution in [1.29, 1.82) is 0 Å². The molecule has 90 valence electrons. The number of hydrogen-bond donors (Lipinski definition) is 0. The molecule has 0 saturated carbocycles. The molecule has 0 bridgehead atoms. The maximum atomic E-state index is 12.9. The van der Waals surface area contributed by atoms with Gasteiger partial charge in [-0.05, 0) is 17.7 Å². The topological polar surface area (TPSA) is 38.9 Å². The van der Waals surface area contributed by atoms with Gasteiger partial charge in [-0.3, -0.25) is 0 Å². The Bertz CT molecular complexity index is 516. The number of aryl methyl sites for hydroxylation is 1. The van der Waals surface area contributed by atoms with Gasteiger partial charge >= 0.3 is 0 Å². The van der Waals surface area contributed by atoms with E-state index < -0.39 is 11.6 Å². The molecule has 1 aromatic carbocycles. The Morgan fingerprint density at radius 2 is 1.88 bits per heavy atom. The van der Waals surface area contributed by atoms with E-state index in [0.717, 1.165) is 12.1 Å². The van der Waals surface area contributed by atoms with E-state index in [1.165, 1.54) is 6.07 Å². The molecule has 0 radical (unpaired) electrons. The molecule has 1 aromatic heterocycles. The molecule has 17 heavy (non-hydrogen) atoms. The van der Waals surface area contributed by atoms with Crippen LogP contribution in [0.3, 0.4) is 0 Å². The summed E-state index contributed by atoms with van der Waals surface area (Å²) in [4.78, 5) is 0. The molecule has 0 spiro atoms. The second-order valence-electron chi connectivity index (χ2n) is 3.45.